The van der Waals surface area contributed by atoms with Crippen LogP contribution in [0.4, 0.5) is 28.7 Å². The lowest BCUT2D eigenvalue weighted by atomic mass is 9.99. The third-order valence-corrected chi connectivity index (χ3v) is 4.47. The van der Waals surface area contributed by atoms with Gasteiger partial charge in [-0.2, -0.15) is 0 Å². The van der Waals surface area contributed by atoms with E-state index in [1.54, 1.807) is 0 Å². The lowest BCUT2D eigenvalue weighted by Gasteiger charge is -2.30. The fraction of sp³-hybridized carbons (Fsp3) is 0.375. The molecule has 0 spiro atoms. The summed E-state index contributed by atoms with van der Waals surface area (Å²) in [4.78, 5) is 31.3. The number of nitrogens with zero attached hydrogens (tertiary/aromatic N) is 5. The fourth-order valence-electron chi connectivity index (χ4n) is 2.88. The molecule has 2 N–H and O–H groups in total. The Kier molecular flexibility index (Phi) is 5.29. The van der Waals surface area contributed by atoms with E-state index in [1.807, 2.05) is 4.90 Å². The van der Waals surface area contributed by atoms with Gasteiger partial charge in [0.05, 0.1) is 15.5 Å². The second-order valence-corrected chi connectivity index (χ2v) is 6.38. The molecule has 11 nitrogen and oxygen atoms in total. The summed E-state index contributed by atoms with van der Waals surface area (Å²) in [7, 11) is 0. The molecule has 0 aliphatic carbocycles. The molecule has 0 bridgehead atoms. The molecular weight excluding hydrogens is 354 g/mol. The van der Waals surface area contributed by atoms with Crippen molar-refractivity contribution in [1.29, 1.82) is 0 Å². The second-order valence-electron chi connectivity index (χ2n) is 6.38. The van der Waals surface area contributed by atoms with E-state index in [0.717, 1.165) is 12.8 Å². The van der Waals surface area contributed by atoms with Gasteiger partial charge in [-0.05, 0) is 30.9 Å². The standard InChI is InChI=1S/C16H19N7O4/c1-11-6-8-21(9-7-11)16-14(23(26)27)15(17-10-18-16)20-19-12-2-4-13(5-3-12)22(24)25/h2-5,10-11,19H,6-9H2,1H3,(H,17,18,20). The average molecular weight is 373 g/mol. The lowest BCUT2D eigenvalue weighted by molar-refractivity contribution is -0.384. The van der Waals surface area contributed by atoms with Crippen molar-refractivity contribution in [2.45, 2.75) is 19.8 Å². The van der Waals surface area contributed by atoms with Gasteiger partial charge in [-0.25, -0.2) is 9.97 Å². The summed E-state index contributed by atoms with van der Waals surface area (Å²) in [6, 6.07) is 5.65. The molecule has 1 aromatic carbocycles. The summed E-state index contributed by atoms with van der Waals surface area (Å²) in [6.07, 6.45) is 3.18. The summed E-state index contributed by atoms with van der Waals surface area (Å²) in [5.74, 6) is 0.903. The first-order chi connectivity index (χ1) is 13.0. The first kappa shape index (κ1) is 18.3. The van der Waals surface area contributed by atoms with Gasteiger partial charge in [-0.1, -0.05) is 6.92 Å². The van der Waals surface area contributed by atoms with E-state index < -0.39 is 9.85 Å². The molecule has 1 fully saturated rings. The number of anilines is 3. The predicted octanol–water partition coefficient (Wildman–Crippen LogP) is 2.97. The minimum absolute atomic E-state index is 0.0296. The first-order valence-corrected chi connectivity index (χ1v) is 8.46. The SMILES string of the molecule is CC1CCN(c2ncnc(NNc3ccc([N+](=O)[O-])cc3)c2[N+](=O)[O-])CC1. The quantitative estimate of drug-likeness (QED) is 0.577. The van der Waals surface area contributed by atoms with Crippen LogP contribution in [0.25, 0.3) is 0 Å². The van der Waals surface area contributed by atoms with Gasteiger partial charge in [0.25, 0.3) is 5.69 Å². The molecule has 142 valence electrons. The summed E-state index contributed by atoms with van der Waals surface area (Å²) >= 11 is 0. The molecule has 0 unspecified atom stereocenters. The molecule has 2 aromatic rings. The molecule has 3 rings (SSSR count). The largest absolute Gasteiger partial charge is 0.355 e. The molecule has 1 aliphatic heterocycles. The number of hydrogen-bond acceptors (Lipinski definition) is 9. The van der Waals surface area contributed by atoms with E-state index in [2.05, 4.69) is 27.7 Å². The minimum Gasteiger partial charge on any atom is -0.351 e. The van der Waals surface area contributed by atoms with Crippen LogP contribution in [-0.2, 0) is 0 Å². The Morgan fingerprint density at radius 2 is 1.70 bits per heavy atom. The molecule has 1 aliphatic rings. The van der Waals surface area contributed by atoms with Crippen LogP contribution in [0, 0.1) is 26.1 Å². The lowest BCUT2D eigenvalue weighted by Crippen LogP contribution is -2.34. The first-order valence-electron chi connectivity index (χ1n) is 8.46. The highest BCUT2D eigenvalue weighted by Gasteiger charge is 2.29. The maximum atomic E-state index is 11.6. The van der Waals surface area contributed by atoms with Crippen molar-refractivity contribution in [2.24, 2.45) is 5.92 Å². The molecule has 1 saturated heterocycles. The number of piperidine rings is 1. The molecule has 11 heteroatoms. The van der Waals surface area contributed by atoms with E-state index in [9.17, 15) is 20.2 Å². The summed E-state index contributed by atoms with van der Waals surface area (Å²) < 4.78 is 0. The van der Waals surface area contributed by atoms with Gasteiger partial charge < -0.3 is 4.90 Å². The van der Waals surface area contributed by atoms with Crippen LogP contribution in [-0.4, -0.2) is 32.9 Å². The number of benzene rings is 1. The smallest absolute Gasteiger partial charge is 0.351 e. The third kappa shape index (κ3) is 4.19. The van der Waals surface area contributed by atoms with Gasteiger partial charge in [0.2, 0.25) is 11.6 Å². The van der Waals surface area contributed by atoms with Crippen molar-refractivity contribution in [1.82, 2.24) is 9.97 Å². The van der Waals surface area contributed by atoms with E-state index in [-0.39, 0.29) is 23.0 Å². The number of hydrogen-bond donors (Lipinski definition) is 2. The van der Waals surface area contributed by atoms with Crippen molar-refractivity contribution in [3.63, 3.8) is 0 Å². The zero-order valence-electron chi connectivity index (χ0n) is 14.7. The minimum atomic E-state index is -0.507. The number of nitrogens with one attached hydrogen (secondary N) is 2. The Labute approximate surface area is 154 Å². The van der Waals surface area contributed by atoms with Crippen LogP contribution < -0.4 is 15.8 Å². The molecule has 0 radical (unpaired) electrons. The van der Waals surface area contributed by atoms with Crippen LogP contribution in [0.1, 0.15) is 19.8 Å². The van der Waals surface area contributed by atoms with Crippen molar-refractivity contribution in [2.75, 3.05) is 28.8 Å². The fourth-order valence-corrected chi connectivity index (χ4v) is 2.88. The van der Waals surface area contributed by atoms with Crippen molar-refractivity contribution >= 4 is 28.7 Å². The average Bonchev–Trinajstić information content (AvgIpc) is 2.66. The van der Waals surface area contributed by atoms with Gasteiger partial charge in [0, 0.05) is 25.2 Å². The Bertz CT molecular complexity index is 835. The maximum absolute atomic E-state index is 11.6. The van der Waals surface area contributed by atoms with Gasteiger partial charge >= 0.3 is 5.69 Å². The summed E-state index contributed by atoms with van der Waals surface area (Å²) in [5, 5.41) is 22.3. The van der Waals surface area contributed by atoms with E-state index in [0.29, 0.717) is 24.7 Å². The molecule has 1 aromatic heterocycles. The topological polar surface area (TPSA) is 139 Å². The van der Waals surface area contributed by atoms with E-state index in [4.69, 9.17) is 0 Å². The Hall–Kier alpha value is -3.50. The molecular formula is C16H19N7O4. The predicted molar refractivity (Wildman–Crippen MR) is 99.6 cm³/mol. The molecule has 0 amide bonds. The van der Waals surface area contributed by atoms with Gasteiger partial charge in [0.15, 0.2) is 0 Å². The zero-order valence-corrected chi connectivity index (χ0v) is 14.7. The van der Waals surface area contributed by atoms with Gasteiger partial charge in [-0.3, -0.25) is 31.1 Å². The molecule has 0 saturated carbocycles. The number of nitro groups is 2. The van der Waals surface area contributed by atoms with Crippen LogP contribution in [0.15, 0.2) is 30.6 Å². The Morgan fingerprint density at radius 1 is 1.04 bits per heavy atom. The van der Waals surface area contributed by atoms with Gasteiger partial charge in [-0.15, -0.1) is 0 Å². The number of nitro benzene ring substituents is 1. The molecule has 0 atom stereocenters. The number of aromatic nitrogens is 2. The highest BCUT2D eigenvalue weighted by atomic mass is 16.6. The number of hydrazine groups is 1. The van der Waals surface area contributed by atoms with Crippen LogP contribution in [0.3, 0.4) is 0 Å². The van der Waals surface area contributed by atoms with E-state index >= 15 is 0 Å². The molecule has 2 heterocycles. The summed E-state index contributed by atoms with van der Waals surface area (Å²) in [6.45, 7) is 3.56. The summed E-state index contributed by atoms with van der Waals surface area (Å²) in [5.41, 5.74) is 5.73. The van der Waals surface area contributed by atoms with Crippen LogP contribution >= 0.6 is 0 Å². The van der Waals surface area contributed by atoms with Crippen molar-refractivity contribution < 1.29 is 9.85 Å². The van der Waals surface area contributed by atoms with Gasteiger partial charge in [0.1, 0.15) is 6.33 Å². The van der Waals surface area contributed by atoms with Crippen LogP contribution in [0.5, 0.6) is 0 Å². The molecule has 27 heavy (non-hydrogen) atoms. The number of non-ortho nitro benzene ring substituents is 1. The zero-order chi connectivity index (χ0) is 19.4. The number of rotatable bonds is 6. The van der Waals surface area contributed by atoms with Crippen LogP contribution in [0.2, 0.25) is 0 Å². The van der Waals surface area contributed by atoms with Crippen molar-refractivity contribution in [3.05, 3.63) is 50.8 Å². The second kappa shape index (κ2) is 7.81. The maximum Gasteiger partial charge on any atom is 0.355 e. The Balaban J connectivity index is 1.79. The van der Waals surface area contributed by atoms with E-state index in [1.165, 1.54) is 30.6 Å². The van der Waals surface area contributed by atoms with Crippen molar-refractivity contribution in [3.8, 4) is 0 Å². The third-order valence-electron chi connectivity index (χ3n) is 4.47. The highest BCUT2D eigenvalue weighted by molar-refractivity contribution is 5.71. The monoisotopic (exact) mass is 373 g/mol. The highest BCUT2D eigenvalue weighted by Crippen LogP contribution is 2.34. The Morgan fingerprint density at radius 3 is 2.30 bits per heavy atom. The normalized spacial score (nSPS) is 14.6.